The molecule has 0 unspecified atom stereocenters. The van der Waals surface area contributed by atoms with Crippen LogP contribution in [0.25, 0.3) is 0 Å². The first-order valence-electron chi connectivity index (χ1n) is 6.67. The first-order valence-corrected chi connectivity index (χ1v) is 6.67. The van der Waals surface area contributed by atoms with E-state index in [1.807, 2.05) is 12.2 Å². The Kier molecular flexibility index (Phi) is 6.45. The predicted octanol–water partition coefficient (Wildman–Crippen LogP) is 4.13. The molecule has 1 rings (SSSR count). The maximum absolute atomic E-state index is 3.88. The number of nitrogens with zero attached hydrogens (tertiary/aromatic N) is 1. The second-order valence-corrected chi connectivity index (χ2v) is 5.04. The first-order chi connectivity index (χ1) is 8.67. The smallest absolute Gasteiger partial charge is 0.0237 e. The van der Waals surface area contributed by atoms with E-state index in [2.05, 4.69) is 62.2 Å². The van der Waals surface area contributed by atoms with Crippen molar-refractivity contribution in [2.75, 3.05) is 13.1 Å². The van der Waals surface area contributed by atoms with Crippen molar-refractivity contribution in [1.82, 2.24) is 4.90 Å². The van der Waals surface area contributed by atoms with E-state index in [0.717, 1.165) is 19.6 Å². The van der Waals surface area contributed by atoms with Crippen LogP contribution in [0.4, 0.5) is 0 Å². The van der Waals surface area contributed by atoms with Gasteiger partial charge in [-0.3, -0.25) is 4.90 Å². The number of benzene rings is 1. The van der Waals surface area contributed by atoms with Crippen LogP contribution in [-0.2, 0) is 6.54 Å². The molecule has 0 spiro atoms. The van der Waals surface area contributed by atoms with E-state index in [1.54, 1.807) is 0 Å². The minimum absolute atomic E-state index is 0.549. The Balaban J connectivity index is 2.59. The van der Waals surface area contributed by atoms with Crippen LogP contribution in [0, 0.1) is 11.8 Å². The molecule has 1 aromatic carbocycles. The van der Waals surface area contributed by atoms with Gasteiger partial charge >= 0.3 is 0 Å². The molecule has 0 bridgehead atoms. The molecule has 0 aliphatic rings. The van der Waals surface area contributed by atoms with Gasteiger partial charge in [0.25, 0.3) is 0 Å². The van der Waals surface area contributed by atoms with Crippen molar-refractivity contribution in [3.8, 4) is 0 Å². The maximum Gasteiger partial charge on any atom is 0.0237 e. The zero-order valence-corrected chi connectivity index (χ0v) is 11.7. The van der Waals surface area contributed by atoms with Crippen LogP contribution >= 0.6 is 0 Å². The highest BCUT2D eigenvalue weighted by molar-refractivity contribution is 5.14. The molecule has 0 fully saturated rings. The fourth-order valence-electron chi connectivity index (χ4n) is 2.03. The van der Waals surface area contributed by atoms with Crippen molar-refractivity contribution in [2.24, 2.45) is 11.8 Å². The molecular formula is C17H25N. The van der Waals surface area contributed by atoms with E-state index in [-0.39, 0.29) is 0 Å². The average Bonchev–Trinajstić information content (AvgIpc) is 2.39. The maximum atomic E-state index is 3.88. The van der Waals surface area contributed by atoms with Gasteiger partial charge in [0.2, 0.25) is 0 Å². The summed E-state index contributed by atoms with van der Waals surface area (Å²) in [7, 11) is 0. The number of hydrogen-bond donors (Lipinski definition) is 0. The molecule has 1 aromatic rings. The lowest BCUT2D eigenvalue weighted by atomic mass is 9.95. The van der Waals surface area contributed by atoms with E-state index >= 15 is 0 Å². The fourth-order valence-corrected chi connectivity index (χ4v) is 2.03. The lowest BCUT2D eigenvalue weighted by Gasteiger charge is -2.26. The van der Waals surface area contributed by atoms with E-state index in [9.17, 15) is 0 Å². The van der Waals surface area contributed by atoms with Crippen LogP contribution in [0.2, 0.25) is 0 Å². The number of hydrogen-bond acceptors (Lipinski definition) is 1. The summed E-state index contributed by atoms with van der Waals surface area (Å²) in [5.41, 5.74) is 1.36. The topological polar surface area (TPSA) is 3.24 Å². The Morgan fingerprint density at radius 1 is 1.17 bits per heavy atom. The Morgan fingerprint density at radius 2 is 1.83 bits per heavy atom. The summed E-state index contributed by atoms with van der Waals surface area (Å²) < 4.78 is 0. The Morgan fingerprint density at radius 3 is 2.39 bits per heavy atom. The van der Waals surface area contributed by atoms with Crippen LogP contribution < -0.4 is 0 Å². The molecule has 18 heavy (non-hydrogen) atoms. The molecule has 0 aliphatic carbocycles. The molecule has 1 heteroatoms. The second kappa shape index (κ2) is 7.88. The van der Waals surface area contributed by atoms with Crippen LogP contribution in [0.15, 0.2) is 55.6 Å². The van der Waals surface area contributed by atoms with Gasteiger partial charge in [-0.2, -0.15) is 0 Å². The molecule has 0 radical (unpaired) electrons. The summed E-state index contributed by atoms with van der Waals surface area (Å²) in [6.45, 7) is 15.2. The van der Waals surface area contributed by atoms with Crippen LogP contribution in [0.1, 0.15) is 19.4 Å². The average molecular weight is 243 g/mol. The van der Waals surface area contributed by atoms with Crippen molar-refractivity contribution in [3.63, 3.8) is 0 Å². The van der Waals surface area contributed by atoms with Crippen molar-refractivity contribution in [3.05, 3.63) is 61.2 Å². The van der Waals surface area contributed by atoms with Crippen LogP contribution in [0.3, 0.4) is 0 Å². The Hall–Kier alpha value is -1.34. The summed E-state index contributed by atoms with van der Waals surface area (Å²) in [5, 5.41) is 0. The molecule has 0 N–H and O–H groups in total. The quantitative estimate of drug-likeness (QED) is 0.620. The lowest BCUT2D eigenvalue weighted by Crippen LogP contribution is -2.30. The van der Waals surface area contributed by atoms with Crippen LogP contribution in [-0.4, -0.2) is 18.0 Å². The van der Waals surface area contributed by atoms with Gasteiger partial charge in [0.05, 0.1) is 0 Å². The molecular weight excluding hydrogens is 218 g/mol. The van der Waals surface area contributed by atoms with E-state index < -0.39 is 0 Å². The van der Waals surface area contributed by atoms with E-state index in [0.29, 0.717) is 11.8 Å². The van der Waals surface area contributed by atoms with Crippen molar-refractivity contribution in [2.45, 2.75) is 20.4 Å². The molecule has 2 atom stereocenters. The van der Waals surface area contributed by atoms with Gasteiger partial charge < -0.3 is 0 Å². The summed E-state index contributed by atoms with van der Waals surface area (Å²) >= 11 is 0. The molecule has 0 aromatic heterocycles. The predicted molar refractivity (Wildman–Crippen MR) is 80.4 cm³/mol. The Labute approximate surface area is 112 Å². The SMILES string of the molecule is C=CCN(Cc1ccccc1)C[C@H](C)[C@H](C)C=C. The highest BCUT2D eigenvalue weighted by atomic mass is 15.1. The molecule has 0 heterocycles. The highest BCUT2D eigenvalue weighted by Crippen LogP contribution is 2.15. The number of allylic oxidation sites excluding steroid dienone is 1. The summed E-state index contributed by atoms with van der Waals surface area (Å²) in [4.78, 5) is 2.44. The van der Waals surface area contributed by atoms with Gasteiger partial charge in [-0.15, -0.1) is 13.2 Å². The zero-order chi connectivity index (χ0) is 13.4. The minimum atomic E-state index is 0.549. The minimum Gasteiger partial charge on any atom is -0.295 e. The normalized spacial score (nSPS) is 14.2. The van der Waals surface area contributed by atoms with E-state index in [4.69, 9.17) is 0 Å². The van der Waals surface area contributed by atoms with Gasteiger partial charge in [-0.25, -0.2) is 0 Å². The second-order valence-electron chi connectivity index (χ2n) is 5.04. The monoisotopic (exact) mass is 243 g/mol. The first kappa shape index (κ1) is 14.7. The standard InChI is InChI=1S/C17H25N/c1-5-12-18(13-16(4)15(3)6-2)14-17-10-8-7-9-11-17/h5-11,15-16H,1-2,12-14H2,3-4H3/t15-,16+/m1/s1. The van der Waals surface area contributed by atoms with Gasteiger partial charge in [0.1, 0.15) is 0 Å². The molecule has 0 amide bonds. The zero-order valence-electron chi connectivity index (χ0n) is 11.7. The molecule has 98 valence electrons. The molecule has 1 nitrogen and oxygen atoms in total. The van der Waals surface area contributed by atoms with Gasteiger partial charge in [0, 0.05) is 19.6 Å². The Bertz CT molecular complexity index is 355. The third-order valence-corrected chi connectivity index (χ3v) is 3.45. The van der Waals surface area contributed by atoms with Gasteiger partial charge in [0.15, 0.2) is 0 Å². The van der Waals surface area contributed by atoms with Crippen molar-refractivity contribution < 1.29 is 0 Å². The van der Waals surface area contributed by atoms with Crippen molar-refractivity contribution >= 4 is 0 Å². The number of rotatable bonds is 8. The molecule has 0 saturated carbocycles. The largest absolute Gasteiger partial charge is 0.295 e. The highest BCUT2D eigenvalue weighted by Gasteiger charge is 2.13. The lowest BCUT2D eigenvalue weighted by molar-refractivity contribution is 0.231. The molecule has 0 aliphatic heterocycles. The van der Waals surface area contributed by atoms with Gasteiger partial charge in [-0.05, 0) is 17.4 Å². The van der Waals surface area contributed by atoms with E-state index in [1.165, 1.54) is 5.56 Å². The summed E-state index contributed by atoms with van der Waals surface area (Å²) in [5.74, 6) is 1.17. The van der Waals surface area contributed by atoms with Crippen molar-refractivity contribution in [1.29, 1.82) is 0 Å². The van der Waals surface area contributed by atoms with Gasteiger partial charge in [-0.1, -0.05) is 56.3 Å². The fraction of sp³-hybridized carbons (Fsp3) is 0.412. The van der Waals surface area contributed by atoms with Crippen LogP contribution in [0.5, 0.6) is 0 Å². The third-order valence-electron chi connectivity index (χ3n) is 3.45. The third kappa shape index (κ3) is 4.89. The summed E-state index contributed by atoms with van der Waals surface area (Å²) in [6.07, 6.45) is 4.02. The molecule has 0 saturated heterocycles. The summed E-state index contributed by atoms with van der Waals surface area (Å²) in [6, 6.07) is 10.6.